The third-order valence-electron chi connectivity index (χ3n) is 4.79. The maximum Gasteiger partial charge on any atom is 0.185 e. The van der Waals surface area contributed by atoms with Crippen molar-refractivity contribution >= 4 is 11.4 Å². The second kappa shape index (κ2) is 6.76. The van der Waals surface area contributed by atoms with Crippen LogP contribution in [0.25, 0.3) is 16.9 Å². The second-order valence-electron chi connectivity index (χ2n) is 6.67. The number of aromatic nitrogens is 3. The molecule has 0 fully saturated rings. The number of ketones is 1. The molecule has 0 radical (unpaired) electrons. The molecule has 0 spiro atoms. The molecule has 0 atom stereocenters. The van der Waals surface area contributed by atoms with Crippen LogP contribution in [0, 0.1) is 6.92 Å². The van der Waals surface area contributed by atoms with Crippen LogP contribution in [0.1, 0.15) is 21.7 Å². The third-order valence-corrected chi connectivity index (χ3v) is 4.79. The van der Waals surface area contributed by atoms with Crippen LogP contribution in [0.5, 0.6) is 5.75 Å². The molecule has 0 unspecified atom stereocenters. The number of carbonyl (C=O) groups is 1. The smallest absolute Gasteiger partial charge is 0.185 e. The summed E-state index contributed by atoms with van der Waals surface area (Å²) in [5.74, 6) is 0.861. The molecule has 0 N–H and O–H groups in total. The Hall–Kier alpha value is -3.34. The SMILES string of the molecule is COc1ccc(-c2nc3ccc(C)cn3c2CC(=O)c2cccn2C)cc1. The van der Waals surface area contributed by atoms with Gasteiger partial charge >= 0.3 is 0 Å². The van der Waals surface area contributed by atoms with E-state index in [0.717, 1.165) is 33.9 Å². The first kappa shape index (κ1) is 17.1. The van der Waals surface area contributed by atoms with Crippen molar-refractivity contribution in [2.24, 2.45) is 7.05 Å². The lowest BCUT2D eigenvalue weighted by Crippen LogP contribution is -2.10. The van der Waals surface area contributed by atoms with Gasteiger partial charge in [0.15, 0.2) is 5.78 Å². The van der Waals surface area contributed by atoms with E-state index < -0.39 is 0 Å². The summed E-state index contributed by atoms with van der Waals surface area (Å²) in [6, 6.07) is 15.5. The van der Waals surface area contributed by atoms with Gasteiger partial charge < -0.3 is 13.7 Å². The molecule has 3 aromatic heterocycles. The van der Waals surface area contributed by atoms with Crippen molar-refractivity contribution in [2.75, 3.05) is 7.11 Å². The van der Waals surface area contributed by atoms with Gasteiger partial charge in [-0.2, -0.15) is 0 Å². The Labute approximate surface area is 157 Å². The number of hydrogen-bond acceptors (Lipinski definition) is 3. The number of Topliss-reactive ketones (excluding diaryl/α,β-unsaturated/α-hetero) is 1. The lowest BCUT2D eigenvalue weighted by atomic mass is 10.1. The average molecular weight is 359 g/mol. The van der Waals surface area contributed by atoms with Crippen LogP contribution in [0.15, 0.2) is 60.9 Å². The van der Waals surface area contributed by atoms with Gasteiger partial charge in [0, 0.05) is 25.0 Å². The van der Waals surface area contributed by atoms with E-state index in [2.05, 4.69) is 0 Å². The summed E-state index contributed by atoms with van der Waals surface area (Å²) < 4.78 is 9.13. The summed E-state index contributed by atoms with van der Waals surface area (Å²) in [4.78, 5) is 17.7. The molecule has 0 bridgehead atoms. The summed E-state index contributed by atoms with van der Waals surface area (Å²) >= 11 is 0. The fourth-order valence-corrected chi connectivity index (χ4v) is 3.34. The van der Waals surface area contributed by atoms with Crippen LogP contribution in [0.2, 0.25) is 0 Å². The summed E-state index contributed by atoms with van der Waals surface area (Å²) in [5, 5.41) is 0. The predicted molar refractivity (Wildman–Crippen MR) is 105 cm³/mol. The molecule has 4 rings (SSSR count). The highest BCUT2D eigenvalue weighted by atomic mass is 16.5. The highest BCUT2D eigenvalue weighted by Crippen LogP contribution is 2.28. The molecule has 3 heterocycles. The Morgan fingerprint density at radius 1 is 1.11 bits per heavy atom. The van der Waals surface area contributed by atoms with Gasteiger partial charge in [0.25, 0.3) is 0 Å². The first-order valence-corrected chi connectivity index (χ1v) is 8.83. The molecule has 27 heavy (non-hydrogen) atoms. The molecular formula is C22H21N3O2. The zero-order valence-corrected chi connectivity index (χ0v) is 15.6. The van der Waals surface area contributed by atoms with E-state index in [-0.39, 0.29) is 12.2 Å². The number of imidazole rings is 1. The Morgan fingerprint density at radius 3 is 2.56 bits per heavy atom. The molecule has 4 aromatic rings. The molecule has 0 amide bonds. The normalized spacial score (nSPS) is 11.1. The Morgan fingerprint density at radius 2 is 1.89 bits per heavy atom. The van der Waals surface area contributed by atoms with E-state index in [1.165, 1.54) is 0 Å². The van der Waals surface area contributed by atoms with Gasteiger partial charge in [-0.1, -0.05) is 6.07 Å². The Balaban J connectivity index is 1.84. The van der Waals surface area contributed by atoms with Gasteiger partial charge in [0.2, 0.25) is 0 Å². The van der Waals surface area contributed by atoms with Crippen LogP contribution >= 0.6 is 0 Å². The molecule has 0 saturated heterocycles. The fraction of sp³-hybridized carbons (Fsp3) is 0.182. The van der Waals surface area contributed by atoms with E-state index in [0.29, 0.717) is 5.69 Å². The minimum atomic E-state index is 0.0700. The van der Waals surface area contributed by atoms with Crippen LogP contribution < -0.4 is 4.74 Å². The topological polar surface area (TPSA) is 48.5 Å². The first-order chi connectivity index (χ1) is 13.1. The minimum Gasteiger partial charge on any atom is -0.497 e. The fourth-order valence-electron chi connectivity index (χ4n) is 3.34. The van der Waals surface area contributed by atoms with Gasteiger partial charge in [-0.05, 0) is 55.0 Å². The molecule has 5 nitrogen and oxygen atoms in total. The molecule has 0 saturated carbocycles. The second-order valence-corrected chi connectivity index (χ2v) is 6.67. The predicted octanol–water partition coefficient (Wildman–Crippen LogP) is 4.08. The van der Waals surface area contributed by atoms with Crippen molar-refractivity contribution in [1.82, 2.24) is 14.0 Å². The van der Waals surface area contributed by atoms with Crippen molar-refractivity contribution in [1.29, 1.82) is 0 Å². The highest BCUT2D eigenvalue weighted by Gasteiger charge is 2.19. The van der Waals surface area contributed by atoms with Crippen LogP contribution in [-0.4, -0.2) is 26.8 Å². The summed E-state index contributed by atoms with van der Waals surface area (Å²) in [7, 11) is 3.53. The van der Waals surface area contributed by atoms with Crippen molar-refractivity contribution in [3.05, 3.63) is 77.9 Å². The maximum absolute atomic E-state index is 12.9. The molecule has 0 aliphatic rings. The minimum absolute atomic E-state index is 0.0700. The molecule has 1 aromatic carbocycles. The van der Waals surface area contributed by atoms with Crippen LogP contribution in [0.4, 0.5) is 0 Å². The van der Waals surface area contributed by atoms with E-state index in [9.17, 15) is 4.79 Å². The van der Waals surface area contributed by atoms with Gasteiger partial charge in [0.1, 0.15) is 11.4 Å². The van der Waals surface area contributed by atoms with Gasteiger partial charge in [-0.25, -0.2) is 4.98 Å². The average Bonchev–Trinajstić information content (AvgIpc) is 3.25. The quantitative estimate of drug-likeness (QED) is 0.505. The molecule has 5 heteroatoms. The van der Waals surface area contributed by atoms with Crippen LogP contribution in [-0.2, 0) is 13.5 Å². The lowest BCUT2D eigenvalue weighted by molar-refractivity contribution is 0.0984. The lowest BCUT2D eigenvalue weighted by Gasteiger charge is -2.07. The standard InChI is InChI=1S/C22H21N3O2/c1-15-6-11-21-23-22(16-7-9-17(27-3)10-8-16)19(25(21)14-15)13-20(26)18-5-4-12-24(18)2/h4-12,14H,13H2,1-3H3. The van der Waals surface area contributed by atoms with Crippen molar-refractivity contribution < 1.29 is 9.53 Å². The number of benzene rings is 1. The highest BCUT2D eigenvalue weighted by molar-refractivity contribution is 5.97. The van der Waals surface area contributed by atoms with E-state index in [1.807, 2.05) is 83.9 Å². The molecular weight excluding hydrogens is 338 g/mol. The number of nitrogens with zero attached hydrogens (tertiary/aromatic N) is 3. The number of aryl methyl sites for hydroxylation is 2. The van der Waals surface area contributed by atoms with E-state index in [4.69, 9.17) is 9.72 Å². The molecule has 0 aliphatic heterocycles. The van der Waals surface area contributed by atoms with Crippen LogP contribution in [0.3, 0.4) is 0 Å². The monoisotopic (exact) mass is 359 g/mol. The number of carbonyl (C=O) groups excluding carboxylic acids is 1. The Kier molecular flexibility index (Phi) is 4.28. The van der Waals surface area contributed by atoms with E-state index in [1.54, 1.807) is 7.11 Å². The number of hydrogen-bond donors (Lipinski definition) is 0. The zero-order valence-electron chi connectivity index (χ0n) is 15.6. The summed E-state index contributed by atoms with van der Waals surface area (Å²) in [6.45, 7) is 2.04. The summed E-state index contributed by atoms with van der Waals surface area (Å²) in [6.07, 6.45) is 4.20. The zero-order chi connectivity index (χ0) is 19.0. The van der Waals surface area contributed by atoms with Gasteiger partial charge in [0.05, 0.1) is 30.6 Å². The number of rotatable bonds is 5. The summed E-state index contributed by atoms with van der Waals surface area (Å²) in [5.41, 5.74) is 5.33. The number of pyridine rings is 1. The number of fused-ring (bicyclic) bond motifs is 1. The Bertz CT molecular complexity index is 1120. The van der Waals surface area contributed by atoms with Crippen molar-refractivity contribution in [2.45, 2.75) is 13.3 Å². The largest absolute Gasteiger partial charge is 0.497 e. The van der Waals surface area contributed by atoms with E-state index >= 15 is 0 Å². The number of methoxy groups -OCH3 is 1. The molecule has 136 valence electrons. The van der Waals surface area contributed by atoms with Crippen molar-refractivity contribution in [3.8, 4) is 17.0 Å². The third kappa shape index (κ3) is 3.12. The van der Waals surface area contributed by atoms with Crippen molar-refractivity contribution in [3.63, 3.8) is 0 Å². The van der Waals surface area contributed by atoms with Gasteiger partial charge in [-0.15, -0.1) is 0 Å². The first-order valence-electron chi connectivity index (χ1n) is 8.83. The maximum atomic E-state index is 12.9. The van der Waals surface area contributed by atoms with Gasteiger partial charge in [-0.3, -0.25) is 4.79 Å². The number of ether oxygens (including phenoxy) is 1. The molecule has 0 aliphatic carbocycles.